The Kier molecular flexibility index (Phi) is 5.99. The number of aromatic amines is 1. The number of hydrogen-bond donors (Lipinski definition) is 1. The van der Waals surface area contributed by atoms with Crippen molar-refractivity contribution in [1.29, 1.82) is 5.26 Å². The first-order valence-electron chi connectivity index (χ1n) is 9.58. The fourth-order valence-corrected chi connectivity index (χ4v) is 3.90. The second-order valence-electron chi connectivity index (χ2n) is 7.20. The quantitative estimate of drug-likeness (QED) is 0.630. The number of carbonyl (C=O) groups excluding carboxylic acids is 1. The average molecular weight is 454 g/mol. The van der Waals surface area contributed by atoms with Crippen molar-refractivity contribution in [2.75, 3.05) is 6.54 Å². The molecule has 1 aliphatic heterocycles. The molecule has 0 saturated heterocycles. The van der Waals surface area contributed by atoms with Crippen molar-refractivity contribution in [2.45, 2.75) is 19.4 Å². The first-order chi connectivity index (χ1) is 14.9. The van der Waals surface area contributed by atoms with Crippen LogP contribution >= 0.6 is 23.2 Å². The molecular weight excluding hydrogens is 437 g/mol. The summed E-state index contributed by atoms with van der Waals surface area (Å²) >= 11 is 12.1. The third-order valence-electron chi connectivity index (χ3n) is 5.05. The number of aromatic nitrogens is 1. The maximum absolute atomic E-state index is 12.8. The van der Waals surface area contributed by atoms with E-state index in [0.29, 0.717) is 29.4 Å². The Morgan fingerprint density at radius 2 is 1.94 bits per heavy atom. The number of nitrogens with one attached hydrogen (secondary N) is 1. The van der Waals surface area contributed by atoms with E-state index >= 15 is 0 Å². The Hall–Kier alpha value is -3.27. The Labute approximate surface area is 188 Å². The number of halogens is 2. The lowest BCUT2D eigenvalue weighted by Gasteiger charge is -2.29. The minimum absolute atomic E-state index is 0.00390. The van der Waals surface area contributed by atoms with Gasteiger partial charge in [-0.1, -0.05) is 47.5 Å². The van der Waals surface area contributed by atoms with E-state index < -0.39 is 5.56 Å². The van der Waals surface area contributed by atoms with Gasteiger partial charge < -0.3 is 14.6 Å². The second-order valence-corrected chi connectivity index (χ2v) is 8.02. The third kappa shape index (κ3) is 4.74. The van der Waals surface area contributed by atoms with Crippen LogP contribution in [0.3, 0.4) is 0 Å². The zero-order valence-electron chi connectivity index (χ0n) is 16.3. The number of carbonyl (C=O) groups is 1. The molecule has 0 aliphatic carbocycles. The highest BCUT2D eigenvalue weighted by molar-refractivity contribution is 6.32. The van der Waals surface area contributed by atoms with Gasteiger partial charge in [0.15, 0.2) is 5.75 Å². The molecule has 1 N–H and O–H groups in total. The van der Waals surface area contributed by atoms with Crippen LogP contribution in [0, 0.1) is 11.3 Å². The smallest absolute Gasteiger partial charge is 0.270 e. The molecule has 0 fully saturated rings. The number of H-pyrrole nitrogens is 1. The molecule has 0 bridgehead atoms. The van der Waals surface area contributed by atoms with Gasteiger partial charge in [0.05, 0.1) is 18.1 Å². The number of ether oxygens (including phenoxy) is 1. The van der Waals surface area contributed by atoms with Gasteiger partial charge in [-0.3, -0.25) is 9.59 Å². The fraction of sp³-hybridized carbons (Fsp3) is 0.174. The summed E-state index contributed by atoms with van der Waals surface area (Å²) in [7, 11) is 0. The van der Waals surface area contributed by atoms with Crippen molar-refractivity contribution < 1.29 is 9.53 Å². The molecule has 0 radical (unpaired) electrons. The van der Waals surface area contributed by atoms with Crippen molar-refractivity contribution in [2.24, 2.45) is 0 Å². The Morgan fingerprint density at radius 3 is 2.71 bits per heavy atom. The predicted octanol–water partition coefficient (Wildman–Crippen LogP) is 4.47. The lowest BCUT2D eigenvalue weighted by Crippen LogP contribution is -2.37. The number of nitrogens with zero attached hydrogens (tertiary/aromatic N) is 2. The number of nitriles is 1. The van der Waals surface area contributed by atoms with Crippen LogP contribution in [0.4, 0.5) is 0 Å². The summed E-state index contributed by atoms with van der Waals surface area (Å²) in [6, 6.07) is 16.0. The second kappa shape index (κ2) is 8.84. The molecule has 0 saturated carbocycles. The minimum atomic E-state index is -0.562. The van der Waals surface area contributed by atoms with Gasteiger partial charge in [-0.2, -0.15) is 5.26 Å². The van der Waals surface area contributed by atoms with Crippen molar-refractivity contribution in [3.05, 3.63) is 91.3 Å². The lowest BCUT2D eigenvalue weighted by molar-refractivity contribution is -0.131. The van der Waals surface area contributed by atoms with Crippen LogP contribution in [0.5, 0.6) is 11.5 Å². The molecule has 6 nitrogen and oxygen atoms in total. The maximum atomic E-state index is 12.8. The average Bonchev–Trinajstić information content (AvgIpc) is 2.76. The van der Waals surface area contributed by atoms with Crippen LogP contribution in [0.2, 0.25) is 10.0 Å². The van der Waals surface area contributed by atoms with E-state index in [1.165, 1.54) is 29.8 Å². The molecule has 4 rings (SSSR count). The number of amides is 1. The van der Waals surface area contributed by atoms with E-state index in [0.717, 1.165) is 12.0 Å². The van der Waals surface area contributed by atoms with Crippen LogP contribution in [-0.4, -0.2) is 22.3 Å². The van der Waals surface area contributed by atoms with Gasteiger partial charge in [0.1, 0.15) is 10.8 Å². The van der Waals surface area contributed by atoms with Crippen LogP contribution in [0.1, 0.15) is 22.4 Å². The summed E-state index contributed by atoms with van der Waals surface area (Å²) in [4.78, 5) is 29.5. The van der Waals surface area contributed by atoms with Gasteiger partial charge in [-0.05, 0) is 35.7 Å². The van der Waals surface area contributed by atoms with Crippen LogP contribution in [0.15, 0.2) is 53.3 Å². The highest BCUT2D eigenvalue weighted by Crippen LogP contribution is 2.30. The summed E-state index contributed by atoms with van der Waals surface area (Å²) in [6.07, 6.45) is 0.799. The Bertz CT molecular complexity index is 1260. The van der Waals surface area contributed by atoms with Gasteiger partial charge in [-0.15, -0.1) is 0 Å². The van der Waals surface area contributed by atoms with E-state index in [4.69, 9.17) is 33.2 Å². The van der Waals surface area contributed by atoms with Crippen molar-refractivity contribution >= 4 is 29.1 Å². The highest BCUT2D eigenvalue weighted by Gasteiger charge is 2.21. The first kappa shape index (κ1) is 21.0. The molecule has 3 aromatic rings. The van der Waals surface area contributed by atoms with Gasteiger partial charge in [0.25, 0.3) is 5.56 Å². The van der Waals surface area contributed by atoms with Gasteiger partial charge in [0, 0.05) is 29.9 Å². The van der Waals surface area contributed by atoms with Crippen LogP contribution < -0.4 is 10.3 Å². The summed E-state index contributed by atoms with van der Waals surface area (Å²) in [5.41, 5.74) is 2.51. The lowest BCUT2D eigenvalue weighted by atomic mass is 9.99. The third-order valence-corrected chi connectivity index (χ3v) is 5.62. The SMILES string of the molecule is N#Cc1cc(Cl)cc(Oc2cc(CC(=O)N3CCc4ccccc4C3)[nH]c(=O)c2Cl)c1. The minimum Gasteiger partial charge on any atom is -0.455 e. The fourth-order valence-electron chi connectivity index (χ4n) is 3.54. The Morgan fingerprint density at radius 1 is 1.16 bits per heavy atom. The molecule has 2 heterocycles. The standard InChI is InChI=1S/C23H17Cl2N3O3/c24-17-7-14(12-26)8-19(9-17)31-20-10-18(27-23(30)22(20)25)11-21(29)28-6-5-15-3-1-2-4-16(15)13-28/h1-4,7-10H,5-6,11,13H2,(H,27,30). The number of benzene rings is 2. The van der Waals surface area contributed by atoms with Crippen LogP contribution in [0.25, 0.3) is 0 Å². The zero-order chi connectivity index (χ0) is 22.0. The molecule has 2 aromatic carbocycles. The van der Waals surface area contributed by atoms with E-state index in [1.807, 2.05) is 24.3 Å². The van der Waals surface area contributed by atoms with E-state index in [9.17, 15) is 9.59 Å². The van der Waals surface area contributed by atoms with Crippen molar-refractivity contribution in [3.63, 3.8) is 0 Å². The molecule has 0 spiro atoms. The van der Waals surface area contributed by atoms with Crippen molar-refractivity contribution in [1.82, 2.24) is 9.88 Å². The number of rotatable bonds is 4. The molecule has 1 amide bonds. The van der Waals surface area contributed by atoms with Gasteiger partial charge >= 0.3 is 0 Å². The van der Waals surface area contributed by atoms with Gasteiger partial charge in [-0.25, -0.2) is 0 Å². The molecule has 0 unspecified atom stereocenters. The molecule has 1 aliphatic rings. The Balaban J connectivity index is 1.54. The van der Waals surface area contributed by atoms with Crippen LogP contribution in [-0.2, 0) is 24.2 Å². The first-order valence-corrected chi connectivity index (χ1v) is 10.3. The number of pyridine rings is 1. The molecule has 156 valence electrons. The summed E-state index contributed by atoms with van der Waals surface area (Å²) in [5, 5.41) is 9.26. The number of fused-ring (bicyclic) bond motifs is 1. The zero-order valence-corrected chi connectivity index (χ0v) is 17.8. The molecular formula is C23H17Cl2N3O3. The number of hydrogen-bond acceptors (Lipinski definition) is 4. The van der Waals surface area contributed by atoms with Crippen molar-refractivity contribution in [3.8, 4) is 17.6 Å². The summed E-state index contributed by atoms with van der Waals surface area (Å²) < 4.78 is 5.72. The maximum Gasteiger partial charge on any atom is 0.270 e. The largest absolute Gasteiger partial charge is 0.455 e. The highest BCUT2D eigenvalue weighted by atomic mass is 35.5. The molecule has 8 heteroatoms. The van der Waals surface area contributed by atoms with E-state index in [-0.39, 0.29) is 28.8 Å². The monoisotopic (exact) mass is 453 g/mol. The predicted molar refractivity (Wildman–Crippen MR) is 118 cm³/mol. The summed E-state index contributed by atoms with van der Waals surface area (Å²) in [5.74, 6) is 0.248. The molecule has 31 heavy (non-hydrogen) atoms. The van der Waals surface area contributed by atoms with Gasteiger partial charge in [0.2, 0.25) is 5.91 Å². The summed E-state index contributed by atoms with van der Waals surface area (Å²) in [6.45, 7) is 1.16. The van der Waals surface area contributed by atoms with E-state index in [2.05, 4.69) is 11.1 Å². The topological polar surface area (TPSA) is 86.2 Å². The normalized spacial score (nSPS) is 12.7. The van der Waals surface area contributed by atoms with E-state index in [1.54, 1.807) is 4.90 Å². The molecule has 0 atom stereocenters. The molecule has 1 aromatic heterocycles.